The van der Waals surface area contributed by atoms with E-state index in [1.54, 1.807) is 31.2 Å². The molecule has 0 saturated carbocycles. The summed E-state index contributed by atoms with van der Waals surface area (Å²) in [7, 11) is 0. The Balaban J connectivity index is 2.03. The summed E-state index contributed by atoms with van der Waals surface area (Å²) in [5.74, 6) is 0.873. The highest BCUT2D eigenvalue weighted by atomic mass is 32.2. The molecule has 2 aromatic rings. The zero-order valence-electron chi connectivity index (χ0n) is 16.1. The third-order valence-corrected chi connectivity index (χ3v) is 5.09. The Hall–Kier alpha value is -2.08. The van der Waals surface area contributed by atoms with E-state index in [0.29, 0.717) is 29.3 Å². The number of carbonyl (C=O) groups excluding carboxylic acids is 2. The molecule has 0 unspecified atom stereocenters. The zero-order valence-corrected chi connectivity index (χ0v) is 16.9. The van der Waals surface area contributed by atoms with Crippen LogP contribution in [0, 0.1) is 19.8 Å². The van der Waals surface area contributed by atoms with Gasteiger partial charge in [0, 0.05) is 29.9 Å². The Morgan fingerprint density at radius 2 is 1.85 bits per heavy atom. The van der Waals surface area contributed by atoms with Crippen LogP contribution in [0.4, 0.5) is 5.69 Å². The number of ketones is 1. The molecule has 0 atom stereocenters. The van der Waals surface area contributed by atoms with Gasteiger partial charge in [-0.15, -0.1) is 0 Å². The highest BCUT2D eigenvalue weighted by Crippen LogP contribution is 2.23. The molecule has 0 aliphatic carbocycles. The molecule has 0 aliphatic rings. The van der Waals surface area contributed by atoms with Crippen molar-refractivity contribution in [2.24, 2.45) is 5.92 Å². The van der Waals surface area contributed by atoms with Crippen molar-refractivity contribution in [3.05, 3.63) is 41.2 Å². The van der Waals surface area contributed by atoms with Crippen molar-refractivity contribution >= 4 is 29.1 Å². The number of aryl methyl sites for hydroxylation is 1. The Labute approximate surface area is 159 Å². The number of carbonyl (C=O) groups is 2. The van der Waals surface area contributed by atoms with Crippen molar-refractivity contribution in [1.82, 2.24) is 9.55 Å². The van der Waals surface area contributed by atoms with Gasteiger partial charge in [0.15, 0.2) is 10.9 Å². The minimum absolute atomic E-state index is 0.0395. The summed E-state index contributed by atoms with van der Waals surface area (Å²) in [6.45, 7) is 11.1. The summed E-state index contributed by atoms with van der Waals surface area (Å²) in [6, 6.07) is 7.04. The highest BCUT2D eigenvalue weighted by molar-refractivity contribution is 7.99. The van der Waals surface area contributed by atoms with Gasteiger partial charge in [-0.2, -0.15) is 0 Å². The van der Waals surface area contributed by atoms with Crippen molar-refractivity contribution in [3.63, 3.8) is 0 Å². The van der Waals surface area contributed by atoms with E-state index < -0.39 is 0 Å². The number of nitrogens with zero attached hydrogens (tertiary/aromatic N) is 2. The van der Waals surface area contributed by atoms with E-state index in [-0.39, 0.29) is 11.7 Å². The van der Waals surface area contributed by atoms with Crippen LogP contribution in [0.25, 0.3) is 0 Å². The normalized spacial score (nSPS) is 11.0. The van der Waals surface area contributed by atoms with E-state index in [2.05, 4.69) is 35.6 Å². The van der Waals surface area contributed by atoms with Gasteiger partial charge < -0.3 is 9.88 Å². The molecule has 1 aromatic heterocycles. The van der Waals surface area contributed by atoms with Gasteiger partial charge >= 0.3 is 0 Å². The van der Waals surface area contributed by atoms with Gasteiger partial charge in [-0.25, -0.2) is 4.98 Å². The molecule has 1 aromatic carbocycles. The van der Waals surface area contributed by atoms with Gasteiger partial charge in [-0.1, -0.05) is 32.5 Å². The van der Waals surface area contributed by atoms with Crippen molar-refractivity contribution in [1.29, 1.82) is 0 Å². The summed E-state index contributed by atoms with van der Waals surface area (Å²) < 4.78 is 2.20. The molecule has 0 aliphatic heterocycles. The molecule has 0 radical (unpaired) electrons. The molecule has 26 heavy (non-hydrogen) atoms. The van der Waals surface area contributed by atoms with Crippen molar-refractivity contribution in [2.75, 3.05) is 11.1 Å². The zero-order chi connectivity index (χ0) is 19.3. The maximum atomic E-state index is 12.5. The fourth-order valence-electron chi connectivity index (χ4n) is 2.52. The fraction of sp³-hybridized carbons (Fsp3) is 0.450. The first kappa shape index (κ1) is 20.2. The SMILES string of the molecule is CCC(=O)Nc1ccc(C(=O)CSc2nc(C)c(C)n2CC(C)C)cc1. The number of nitrogens with one attached hydrogen (secondary N) is 1. The predicted octanol–water partition coefficient (Wildman–Crippen LogP) is 4.48. The van der Waals surface area contributed by atoms with Gasteiger partial charge in [-0.05, 0) is 44.0 Å². The quantitative estimate of drug-likeness (QED) is 0.547. The van der Waals surface area contributed by atoms with Crippen molar-refractivity contribution < 1.29 is 9.59 Å². The average molecular weight is 374 g/mol. The van der Waals surface area contributed by atoms with Gasteiger partial charge in [0.05, 0.1) is 11.4 Å². The lowest BCUT2D eigenvalue weighted by Crippen LogP contribution is -2.10. The molecule has 0 bridgehead atoms. The van der Waals surface area contributed by atoms with Crippen LogP contribution in [-0.4, -0.2) is 27.0 Å². The first-order valence-electron chi connectivity index (χ1n) is 8.91. The number of thioether (sulfide) groups is 1. The molecule has 6 heteroatoms. The third-order valence-electron chi connectivity index (χ3n) is 4.11. The van der Waals surface area contributed by atoms with Gasteiger partial charge in [0.1, 0.15) is 0 Å². The first-order valence-corrected chi connectivity index (χ1v) is 9.90. The highest BCUT2D eigenvalue weighted by Gasteiger charge is 2.15. The minimum atomic E-state index is -0.0395. The number of amides is 1. The lowest BCUT2D eigenvalue weighted by atomic mass is 10.1. The number of anilines is 1. The molecule has 1 N–H and O–H groups in total. The summed E-state index contributed by atoms with van der Waals surface area (Å²) in [5.41, 5.74) is 3.52. The predicted molar refractivity (Wildman–Crippen MR) is 107 cm³/mol. The number of Topliss-reactive ketones (excluding diaryl/α,β-unsaturated/α-hetero) is 1. The topological polar surface area (TPSA) is 64.0 Å². The third kappa shape index (κ3) is 5.21. The monoisotopic (exact) mass is 373 g/mol. The summed E-state index contributed by atoms with van der Waals surface area (Å²) in [6.07, 6.45) is 0.430. The van der Waals surface area contributed by atoms with Crippen LogP contribution in [0.1, 0.15) is 48.9 Å². The largest absolute Gasteiger partial charge is 0.326 e. The Kier molecular flexibility index (Phi) is 7.03. The van der Waals surface area contributed by atoms with E-state index in [1.165, 1.54) is 11.8 Å². The second-order valence-electron chi connectivity index (χ2n) is 6.76. The lowest BCUT2D eigenvalue weighted by Gasteiger charge is -2.12. The van der Waals surface area contributed by atoms with Crippen LogP contribution >= 0.6 is 11.8 Å². The van der Waals surface area contributed by atoms with Crippen LogP contribution in [0.5, 0.6) is 0 Å². The molecule has 140 valence electrons. The Morgan fingerprint density at radius 1 is 1.19 bits per heavy atom. The van der Waals surface area contributed by atoms with Crippen LogP contribution in [0.3, 0.4) is 0 Å². The van der Waals surface area contributed by atoms with Crippen molar-refractivity contribution in [3.8, 4) is 0 Å². The van der Waals surface area contributed by atoms with E-state index in [1.807, 2.05) is 6.92 Å². The number of rotatable bonds is 8. The minimum Gasteiger partial charge on any atom is -0.326 e. The van der Waals surface area contributed by atoms with Crippen LogP contribution in [-0.2, 0) is 11.3 Å². The summed E-state index contributed by atoms with van der Waals surface area (Å²) >= 11 is 1.48. The molecule has 1 heterocycles. The number of benzene rings is 1. The number of imidazole rings is 1. The van der Waals surface area contributed by atoms with Crippen molar-refractivity contribution in [2.45, 2.75) is 52.7 Å². The van der Waals surface area contributed by atoms with Gasteiger partial charge in [-0.3, -0.25) is 9.59 Å². The van der Waals surface area contributed by atoms with E-state index in [0.717, 1.165) is 23.1 Å². The molecular weight excluding hydrogens is 346 g/mol. The van der Waals surface area contributed by atoms with Crippen LogP contribution in [0.2, 0.25) is 0 Å². The summed E-state index contributed by atoms with van der Waals surface area (Å²) in [5, 5.41) is 3.68. The molecule has 2 rings (SSSR count). The van der Waals surface area contributed by atoms with Gasteiger partial charge in [0.25, 0.3) is 0 Å². The molecule has 0 spiro atoms. The summed E-state index contributed by atoms with van der Waals surface area (Å²) in [4.78, 5) is 28.5. The van der Waals surface area contributed by atoms with E-state index in [9.17, 15) is 9.59 Å². The smallest absolute Gasteiger partial charge is 0.224 e. The first-order chi connectivity index (χ1) is 12.3. The molecule has 0 saturated heterocycles. The molecular formula is C20H27N3O2S. The second-order valence-corrected chi connectivity index (χ2v) is 7.70. The van der Waals surface area contributed by atoms with E-state index >= 15 is 0 Å². The van der Waals surface area contributed by atoms with Crippen LogP contribution < -0.4 is 5.32 Å². The Morgan fingerprint density at radius 3 is 2.42 bits per heavy atom. The average Bonchev–Trinajstić information content (AvgIpc) is 2.87. The maximum Gasteiger partial charge on any atom is 0.224 e. The molecule has 5 nitrogen and oxygen atoms in total. The van der Waals surface area contributed by atoms with E-state index in [4.69, 9.17) is 0 Å². The molecule has 1 amide bonds. The fourth-order valence-corrected chi connectivity index (χ4v) is 3.51. The number of hydrogen-bond acceptors (Lipinski definition) is 4. The lowest BCUT2D eigenvalue weighted by molar-refractivity contribution is -0.115. The number of hydrogen-bond donors (Lipinski definition) is 1. The standard InChI is InChI=1S/C20H27N3O2S/c1-6-19(25)22-17-9-7-16(8-10-17)18(24)12-26-20-21-14(4)15(5)23(20)11-13(2)3/h7-10,13H,6,11-12H2,1-5H3,(H,22,25). The number of aromatic nitrogens is 2. The van der Waals surface area contributed by atoms with Crippen LogP contribution in [0.15, 0.2) is 29.4 Å². The van der Waals surface area contributed by atoms with Gasteiger partial charge in [0.2, 0.25) is 5.91 Å². The Bertz CT molecular complexity index is 779. The maximum absolute atomic E-state index is 12.5. The second kappa shape index (κ2) is 9.03. The molecule has 0 fully saturated rings.